The van der Waals surface area contributed by atoms with Crippen molar-refractivity contribution in [2.45, 2.75) is 25.9 Å². The summed E-state index contributed by atoms with van der Waals surface area (Å²) in [7, 11) is 2.18. The van der Waals surface area contributed by atoms with Crippen LogP contribution in [-0.4, -0.2) is 58.9 Å². The van der Waals surface area contributed by atoms with E-state index in [9.17, 15) is 4.79 Å². The van der Waals surface area contributed by atoms with E-state index in [0.29, 0.717) is 19.4 Å². The fraction of sp³-hybridized carbons (Fsp3) is 0.391. The zero-order chi connectivity index (χ0) is 20.1. The Labute approximate surface area is 171 Å². The molecule has 2 aromatic carbocycles. The van der Waals surface area contributed by atoms with Crippen LogP contribution in [0.15, 0.2) is 48.5 Å². The molecule has 0 radical (unpaired) electrons. The van der Waals surface area contributed by atoms with Gasteiger partial charge in [0.25, 0.3) is 0 Å². The van der Waals surface area contributed by atoms with Crippen LogP contribution in [0.2, 0.25) is 0 Å². The maximum atomic E-state index is 12.2. The average Bonchev–Trinajstić information content (AvgIpc) is 3.16. The zero-order valence-corrected chi connectivity index (χ0v) is 17.0. The van der Waals surface area contributed by atoms with Gasteiger partial charge in [0.2, 0.25) is 5.91 Å². The maximum Gasteiger partial charge on any atom is 0.220 e. The summed E-state index contributed by atoms with van der Waals surface area (Å²) in [5, 5.41) is 3.01. The molecule has 152 valence electrons. The summed E-state index contributed by atoms with van der Waals surface area (Å²) in [5.74, 6) is 0.904. The van der Waals surface area contributed by atoms with Crippen LogP contribution in [0.1, 0.15) is 23.4 Å². The molecule has 0 bridgehead atoms. The molecule has 2 N–H and O–H groups in total. The summed E-state index contributed by atoms with van der Waals surface area (Å²) in [4.78, 5) is 24.9. The van der Waals surface area contributed by atoms with Gasteiger partial charge in [-0.3, -0.25) is 9.69 Å². The Hall–Kier alpha value is -2.70. The second-order valence-corrected chi connectivity index (χ2v) is 7.87. The van der Waals surface area contributed by atoms with Gasteiger partial charge in [-0.15, -0.1) is 0 Å². The summed E-state index contributed by atoms with van der Waals surface area (Å²) in [6.07, 6.45) is 1.05. The standard InChI is InChI=1S/C23H29N5O/c1-27-12-14-28(15-13-27)17-19-8-6-18(7-9-19)16-24-23(29)11-10-22-25-20-4-2-3-5-21(20)26-22/h2-9H,10-17H2,1H3,(H,24,29)(H,25,26). The summed E-state index contributed by atoms with van der Waals surface area (Å²) in [6, 6.07) is 16.5. The fourth-order valence-corrected chi connectivity index (χ4v) is 3.67. The number of aryl methyl sites for hydroxylation is 1. The van der Waals surface area contributed by atoms with E-state index in [-0.39, 0.29) is 5.91 Å². The minimum absolute atomic E-state index is 0.0481. The van der Waals surface area contributed by atoms with Crippen molar-refractivity contribution in [2.75, 3.05) is 33.2 Å². The number of benzene rings is 2. The molecular formula is C23H29N5O. The predicted octanol–water partition coefficient (Wildman–Crippen LogP) is 2.56. The molecule has 0 aliphatic carbocycles. The number of hydrogen-bond acceptors (Lipinski definition) is 4. The van der Waals surface area contributed by atoms with E-state index in [0.717, 1.165) is 55.1 Å². The zero-order valence-electron chi connectivity index (χ0n) is 17.0. The van der Waals surface area contributed by atoms with E-state index in [1.807, 2.05) is 24.3 Å². The maximum absolute atomic E-state index is 12.2. The van der Waals surface area contributed by atoms with E-state index in [1.165, 1.54) is 5.56 Å². The van der Waals surface area contributed by atoms with E-state index >= 15 is 0 Å². The molecule has 0 atom stereocenters. The van der Waals surface area contributed by atoms with Crippen LogP contribution in [0.3, 0.4) is 0 Å². The number of likely N-dealkylation sites (N-methyl/N-ethyl adjacent to an activating group) is 1. The molecule has 1 aromatic heterocycles. The van der Waals surface area contributed by atoms with Gasteiger partial charge in [-0.2, -0.15) is 0 Å². The highest BCUT2D eigenvalue weighted by Gasteiger charge is 2.13. The Balaban J connectivity index is 1.20. The minimum atomic E-state index is 0.0481. The van der Waals surface area contributed by atoms with E-state index in [4.69, 9.17) is 0 Å². The number of piperazine rings is 1. The number of rotatable bonds is 7. The van der Waals surface area contributed by atoms with Crippen molar-refractivity contribution < 1.29 is 4.79 Å². The van der Waals surface area contributed by atoms with Crippen LogP contribution in [0.4, 0.5) is 0 Å². The van der Waals surface area contributed by atoms with Crippen LogP contribution in [0.5, 0.6) is 0 Å². The van der Waals surface area contributed by atoms with E-state index < -0.39 is 0 Å². The number of hydrogen-bond donors (Lipinski definition) is 2. The van der Waals surface area contributed by atoms with Gasteiger partial charge >= 0.3 is 0 Å². The van der Waals surface area contributed by atoms with Crippen molar-refractivity contribution in [1.29, 1.82) is 0 Å². The normalized spacial score (nSPS) is 15.6. The average molecular weight is 392 g/mol. The van der Waals surface area contributed by atoms with Gasteiger partial charge in [-0.05, 0) is 30.3 Å². The smallest absolute Gasteiger partial charge is 0.220 e. The van der Waals surface area contributed by atoms with Crippen LogP contribution in [-0.2, 0) is 24.3 Å². The van der Waals surface area contributed by atoms with Gasteiger partial charge in [0, 0.05) is 52.1 Å². The molecule has 2 heterocycles. The summed E-state index contributed by atoms with van der Waals surface area (Å²) in [6.45, 7) is 6.08. The third kappa shape index (κ3) is 5.43. The molecular weight excluding hydrogens is 362 g/mol. The molecule has 4 rings (SSSR count). The number of nitrogens with zero attached hydrogens (tertiary/aromatic N) is 3. The molecule has 1 amide bonds. The number of amides is 1. The number of carbonyl (C=O) groups is 1. The molecule has 1 saturated heterocycles. The highest BCUT2D eigenvalue weighted by Crippen LogP contribution is 2.12. The lowest BCUT2D eigenvalue weighted by Crippen LogP contribution is -2.43. The number of para-hydroxylation sites is 2. The molecule has 6 nitrogen and oxygen atoms in total. The van der Waals surface area contributed by atoms with Gasteiger partial charge in [-0.25, -0.2) is 4.98 Å². The number of imidazole rings is 1. The predicted molar refractivity (Wildman–Crippen MR) is 115 cm³/mol. The third-order valence-electron chi connectivity index (χ3n) is 5.54. The SMILES string of the molecule is CN1CCN(Cc2ccc(CNC(=O)CCc3nc4ccccc4[nH]3)cc2)CC1. The molecule has 1 fully saturated rings. The monoisotopic (exact) mass is 391 g/mol. The Morgan fingerprint density at radius 3 is 2.52 bits per heavy atom. The first kappa shape index (κ1) is 19.6. The van der Waals surface area contributed by atoms with Gasteiger partial charge in [0.15, 0.2) is 0 Å². The first-order valence-corrected chi connectivity index (χ1v) is 10.3. The number of nitrogens with one attached hydrogen (secondary N) is 2. The van der Waals surface area contributed by atoms with Crippen LogP contribution < -0.4 is 5.32 Å². The molecule has 1 aliphatic rings. The van der Waals surface area contributed by atoms with Crippen molar-refractivity contribution in [3.8, 4) is 0 Å². The Morgan fingerprint density at radius 2 is 1.76 bits per heavy atom. The highest BCUT2D eigenvalue weighted by atomic mass is 16.1. The van der Waals surface area contributed by atoms with Crippen LogP contribution in [0.25, 0.3) is 11.0 Å². The largest absolute Gasteiger partial charge is 0.352 e. The Morgan fingerprint density at radius 1 is 1.03 bits per heavy atom. The van der Waals surface area contributed by atoms with Crippen molar-refractivity contribution in [3.05, 3.63) is 65.5 Å². The molecule has 0 spiro atoms. The molecule has 6 heteroatoms. The topological polar surface area (TPSA) is 64.3 Å². The summed E-state index contributed by atoms with van der Waals surface area (Å²) < 4.78 is 0. The van der Waals surface area contributed by atoms with Crippen LogP contribution in [0, 0.1) is 0 Å². The minimum Gasteiger partial charge on any atom is -0.352 e. The van der Waals surface area contributed by atoms with Crippen molar-refractivity contribution in [2.24, 2.45) is 0 Å². The molecule has 29 heavy (non-hydrogen) atoms. The van der Waals surface area contributed by atoms with Crippen molar-refractivity contribution >= 4 is 16.9 Å². The lowest BCUT2D eigenvalue weighted by Gasteiger charge is -2.32. The van der Waals surface area contributed by atoms with Crippen molar-refractivity contribution in [3.63, 3.8) is 0 Å². The second kappa shape index (κ2) is 9.20. The van der Waals surface area contributed by atoms with Gasteiger partial charge in [0.1, 0.15) is 5.82 Å². The number of aromatic nitrogens is 2. The second-order valence-electron chi connectivity index (χ2n) is 7.87. The fourth-order valence-electron chi connectivity index (χ4n) is 3.67. The van der Waals surface area contributed by atoms with Gasteiger partial charge in [-0.1, -0.05) is 36.4 Å². The lowest BCUT2D eigenvalue weighted by molar-refractivity contribution is -0.121. The number of H-pyrrole nitrogens is 1. The molecule has 0 saturated carbocycles. The summed E-state index contributed by atoms with van der Waals surface area (Å²) in [5.41, 5.74) is 4.41. The number of aromatic amines is 1. The summed E-state index contributed by atoms with van der Waals surface area (Å²) >= 11 is 0. The van der Waals surface area contributed by atoms with Gasteiger partial charge < -0.3 is 15.2 Å². The highest BCUT2D eigenvalue weighted by molar-refractivity contribution is 5.77. The van der Waals surface area contributed by atoms with E-state index in [2.05, 4.69) is 56.4 Å². The van der Waals surface area contributed by atoms with Crippen LogP contribution >= 0.6 is 0 Å². The van der Waals surface area contributed by atoms with Crippen molar-refractivity contribution in [1.82, 2.24) is 25.1 Å². The number of fused-ring (bicyclic) bond motifs is 1. The first-order chi connectivity index (χ1) is 14.2. The molecule has 1 aliphatic heterocycles. The van der Waals surface area contributed by atoms with Gasteiger partial charge in [0.05, 0.1) is 11.0 Å². The number of carbonyl (C=O) groups excluding carboxylic acids is 1. The Bertz CT molecular complexity index is 908. The molecule has 3 aromatic rings. The third-order valence-corrected chi connectivity index (χ3v) is 5.54. The first-order valence-electron chi connectivity index (χ1n) is 10.3. The lowest BCUT2D eigenvalue weighted by atomic mass is 10.1. The van der Waals surface area contributed by atoms with E-state index in [1.54, 1.807) is 0 Å². The Kier molecular flexibility index (Phi) is 6.22. The quantitative estimate of drug-likeness (QED) is 0.650. The molecule has 0 unspecified atom stereocenters.